The van der Waals surface area contributed by atoms with Crippen molar-refractivity contribution in [2.45, 2.75) is 32.0 Å². The number of piperazine rings is 1. The number of hydrogen-bond acceptors (Lipinski definition) is 6. The average molecular weight is 433 g/mol. The molecule has 31 heavy (non-hydrogen) atoms. The molecule has 0 bridgehead atoms. The first-order valence-corrected chi connectivity index (χ1v) is 11.1. The fourth-order valence-electron chi connectivity index (χ4n) is 4.42. The van der Waals surface area contributed by atoms with E-state index in [9.17, 15) is 9.59 Å². The molecule has 0 aliphatic carbocycles. The van der Waals surface area contributed by atoms with Gasteiger partial charge in [-0.1, -0.05) is 29.8 Å². The minimum Gasteiger partial charge on any atom is -0.383 e. The highest BCUT2D eigenvalue weighted by Crippen LogP contribution is 2.26. The second-order valence-electron chi connectivity index (χ2n) is 8.41. The Morgan fingerprint density at radius 2 is 1.84 bits per heavy atom. The molecule has 1 N–H and O–H groups in total. The van der Waals surface area contributed by atoms with E-state index in [2.05, 4.69) is 41.4 Å². The van der Waals surface area contributed by atoms with Crippen LogP contribution in [-0.2, 0) is 25.6 Å². The van der Waals surface area contributed by atoms with Crippen LogP contribution >= 0.6 is 0 Å². The summed E-state index contributed by atoms with van der Waals surface area (Å²) in [4.78, 5) is 32.1. The van der Waals surface area contributed by atoms with Crippen molar-refractivity contribution in [1.29, 1.82) is 0 Å². The molecule has 1 aromatic rings. The maximum absolute atomic E-state index is 13.3. The molecule has 2 saturated heterocycles. The maximum atomic E-state index is 13.3. The number of nitrogens with zero attached hydrogens (tertiary/aromatic N) is 3. The number of nitrogens with one attached hydrogen (secondary N) is 1. The molecule has 3 rings (SSSR count). The van der Waals surface area contributed by atoms with Gasteiger partial charge in [0.15, 0.2) is 0 Å². The zero-order valence-electron chi connectivity index (χ0n) is 19.0. The molecular formula is C23H36N4O4. The topological polar surface area (TPSA) is 74.4 Å². The summed E-state index contributed by atoms with van der Waals surface area (Å²) in [7, 11) is 3.21. The minimum atomic E-state index is -0.436. The Hall–Kier alpha value is -2.00. The molecule has 2 fully saturated rings. The zero-order chi connectivity index (χ0) is 22.2. The number of amides is 2. The zero-order valence-corrected chi connectivity index (χ0v) is 19.0. The van der Waals surface area contributed by atoms with E-state index in [0.29, 0.717) is 32.7 Å². The van der Waals surface area contributed by atoms with Crippen LogP contribution in [0.4, 0.5) is 0 Å². The van der Waals surface area contributed by atoms with E-state index in [-0.39, 0.29) is 24.5 Å². The first-order chi connectivity index (χ1) is 15.0. The highest BCUT2D eigenvalue weighted by molar-refractivity contribution is 5.89. The van der Waals surface area contributed by atoms with E-state index in [4.69, 9.17) is 9.47 Å². The molecule has 2 heterocycles. The van der Waals surface area contributed by atoms with Crippen LogP contribution in [0.5, 0.6) is 0 Å². The lowest BCUT2D eigenvalue weighted by Gasteiger charge is -2.32. The molecule has 0 saturated carbocycles. The highest BCUT2D eigenvalue weighted by Gasteiger charge is 2.43. The van der Waals surface area contributed by atoms with Gasteiger partial charge in [-0.15, -0.1) is 0 Å². The molecule has 8 nitrogen and oxygen atoms in total. The van der Waals surface area contributed by atoms with Gasteiger partial charge in [-0.2, -0.15) is 0 Å². The molecule has 8 heteroatoms. The Labute approximate surface area is 185 Å². The summed E-state index contributed by atoms with van der Waals surface area (Å²) in [5, 5.41) is 3.28. The molecule has 172 valence electrons. The lowest BCUT2D eigenvalue weighted by Crippen LogP contribution is -2.53. The van der Waals surface area contributed by atoms with E-state index in [1.54, 1.807) is 12.0 Å². The third-order valence-corrected chi connectivity index (χ3v) is 6.19. The summed E-state index contributed by atoms with van der Waals surface area (Å²) in [6.45, 7) is 7.66. The molecule has 0 radical (unpaired) electrons. The largest absolute Gasteiger partial charge is 0.383 e. The number of ether oxygens (including phenoxy) is 2. The second kappa shape index (κ2) is 11.6. The Kier molecular flexibility index (Phi) is 8.83. The van der Waals surface area contributed by atoms with Gasteiger partial charge in [0.05, 0.1) is 6.61 Å². The van der Waals surface area contributed by atoms with Crippen molar-refractivity contribution < 1.29 is 19.1 Å². The normalized spacial score (nSPS) is 21.7. The van der Waals surface area contributed by atoms with Gasteiger partial charge in [0.25, 0.3) is 0 Å². The summed E-state index contributed by atoms with van der Waals surface area (Å²) >= 11 is 0. The van der Waals surface area contributed by atoms with Gasteiger partial charge in [-0.05, 0) is 18.9 Å². The van der Waals surface area contributed by atoms with Crippen molar-refractivity contribution in [3.8, 4) is 0 Å². The van der Waals surface area contributed by atoms with E-state index >= 15 is 0 Å². The Morgan fingerprint density at radius 1 is 1.13 bits per heavy atom. The van der Waals surface area contributed by atoms with Crippen LogP contribution in [0.2, 0.25) is 0 Å². The van der Waals surface area contributed by atoms with Crippen LogP contribution in [-0.4, -0.2) is 105 Å². The molecule has 0 spiro atoms. The lowest BCUT2D eigenvalue weighted by atomic mass is 10.1. The molecule has 1 aromatic carbocycles. The quantitative estimate of drug-likeness (QED) is 0.612. The maximum Gasteiger partial charge on any atom is 0.249 e. The Bertz CT molecular complexity index is 721. The monoisotopic (exact) mass is 432 g/mol. The van der Waals surface area contributed by atoms with Crippen molar-refractivity contribution in [3.05, 3.63) is 35.4 Å². The van der Waals surface area contributed by atoms with Gasteiger partial charge in [0, 0.05) is 66.1 Å². The Balaban J connectivity index is 1.77. The number of rotatable bonds is 9. The smallest absolute Gasteiger partial charge is 0.249 e. The third-order valence-electron chi connectivity index (χ3n) is 6.19. The molecular weight excluding hydrogens is 396 g/mol. The summed E-state index contributed by atoms with van der Waals surface area (Å²) in [6.07, 6.45) is 0.633. The summed E-state index contributed by atoms with van der Waals surface area (Å²) in [5.41, 5.74) is 2.44. The molecule has 2 aliphatic rings. The summed E-state index contributed by atoms with van der Waals surface area (Å²) in [5.74, 6) is -0.0732. The van der Waals surface area contributed by atoms with Crippen LogP contribution in [0.25, 0.3) is 0 Å². The average Bonchev–Trinajstić information content (AvgIpc) is 3.23. The van der Waals surface area contributed by atoms with Gasteiger partial charge in [-0.3, -0.25) is 14.5 Å². The van der Waals surface area contributed by atoms with Gasteiger partial charge in [-0.25, -0.2) is 0 Å². The van der Waals surface area contributed by atoms with Crippen molar-refractivity contribution >= 4 is 11.8 Å². The van der Waals surface area contributed by atoms with Gasteiger partial charge >= 0.3 is 0 Å². The summed E-state index contributed by atoms with van der Waals surface area (Å²) in [6, 6.07) is 8.17. The minimum absolute atomic E-state index is 0.00586. The Morgan fingerprint density at radius 3 is 2.48 bits per heavy atom. The van der Waals surface area contributed by atoms with Crippen molar-refractivity contribution in [2.75, 3.05) is 66.7 Å². The number of methoxy groups -OCH3 is 2. The molecule has 2 aliphatic heterocycles. The fourth-order valence-corrected chi connectivity index (χ4v) is 4.42. The van der Waals surface area contributed by atoms with Crippen LogP contribution < -0.4 is 5.32 Å². The standard InChI is InChI=1S/C23H36N4O4/c1-18-4-6-19(7-5-18)15-26(12-13-30-2)20-14-21(27(16-20)22(28)17-31-3)23(29)25-10-8-24-9-11-25/h4-7,20-21,24H,8-17H2,1-3H3. The van der Waals surface area contributed by atoms with E-state index < -0.39 is 6.04 Å². The van der Waals surface area contributed by atoms with Crippen molar-refractivity contribution in [1.82, 2.24) is 20.0 Å². The number of carbonyl (C=O) groups is 2. The SMILES string of the molecule is COCCN(Cc1ccc(C)cc1)C1CC(C(=O)N2CCNCC2)N(C(=O)COC)C1. The first-order valence-electron chi connectivity index (χ1n) is 11.1. The number of hydrogen-bond donors (Lipinski definition) is 1. The van der Waals surface area contributed by atoms with Gasteiger partial charge < -0.3 is 24.6 Å². The highest BCUT2D eigenvalue weighted by atomic mass is 16.5. The van der Waals surface area contributed by atoms with Crippen molar-refractivity contribution in [2.24, 2.45) is 0 Å². The predicted octanol–water partition coefficient (Wildman–Crippen LogP) is 0.491. The second-order valence-corrected chi connectivity index (χ2v) is 8.41. The third kappa shape index (κ3) is 6.26. The molecule has 2 amide bonds. The van der Waals surface area contributed by atoms with Gasteiger partial charge in [0.2, 0.25) is 11.8 Å². The van der Waals surface area contributed by atoms with Crippen molar-refractivity contribution in [3.63, 3.8) is 0 Å². The molecule has 2 atom stereocenters. The van der Waals surface area contributed by atoms with E-state index in [1.165, 1.54) is 18.2 Å². The van der Waals surface area contributed by atoms with Crippen LogP contribution in [0, 0.1) is 6.92 Å². The molecule has 2 unspecified atom stereocenters. The number of carbonyl (C=O) groups excluding carboxylic acids is 2. The van der Waals surface area contributed by atoms with E-state index in [1.807, 2.05) is 4.90 Å². The molecule has 0 aromatic heterocycles. The number of benzene rings is 1. The predicted molar refractivity (Wildman–Crippen MR) is 119 cm³/mol. The van der Waals surface area contributed by atoms with E-state index in [0.717, 1.165) is 26.2 Å². The number of aryl methyl sites for hydroxylation is 1. The lowest BCUT2D eigenvalue weighted by molar-refractivity contribution is -0.146. The fraction of sp³-hybridized carbons (Fsp3) is 0.652. The van der Waals surface area contributed by atoms with Crippen LogP contribution in [0.15, 0.2) is 24.3 Å². The first kappa shape index (κ1) is 23.7. The van der Waals surface area contributed by atoms with Crippen LogP contribution in [0.1, 0.15) is 17.5 Å². The summed E-state index contributed by atoms with van der Waals surface area (Å²) < 4.78 is 10.4. The number of likely N-dealkylation sites (tertiary alicyclic amines) is 1. The van der Waals surface area contributed by atoms with Gasteiger partial charge in [0.1, 0.15) is 12.6 Å². The van der Waals surface area contributed by atoms with Crippen LogP contribution in [0.3, 0.4) is 0 Å².